The molecule has 0 spiro atoms. The minimum atomic E-state index is 0.0107. The van der Waals surface area contributed by atoms with Crippen LogP contribution in [0.1, 0.15) is 13.3 Å². The molecule has 4 nitrogen and oxygen atoms in total. The highest BCUT2D eigenvalue weighted by Crippen LogP contribution is 2.29. The van der Waals surface area contributed by atoms with Crippen LogP contribution in [-0.2, 0) is 4.79 Å². The third kappa shape index (κ3) is 3.03. The molecule has 0 fully saturated rings. The van der Waals surface area contributed by atoms with Gasteiger partial charge in [-0.25, -0.2) is 4.98 Å². The number of hydrogen-bond donors (Lipinski definition) is 1. The molecule has 0 unspecified atom stereocenters. The summed E-state index contributed by atoms with van der Waals surface area (Å²) in [6.07, 6.45) is 2.11. The number of rotatable bonds is 4. The van der Waals surface area contributed by atoms with Crippen molar-refractivity contribution in [3.63, 3.8) is 0 Å². The summed E-state index contributed by atoms with van der Waals surface area (Å²) in [5, 5.41) is 5.68. The Kier molecular flexibility index (Phi) is 3.83. The molecule has 1 aromatic carbocycles. The second kappa shape index (κ2) is 5.93. The average Bonchev–Trinajstić information content (AvgIpc) is 3.19. The first-order valence-corrected chi connectivity index (χ1v) is 7.54. The van der Waals surface area contributed by atoms with Crippen molar-refractivity contribution in [3.8, 4) is 22.0 Å². The lowest BCUT2D eigenvalue weighted by Gasteiger charge is -2.04. The molecule has 0 bridgehead atoms. The zero-order chi connectivity index (χ0) is 14.7. The highest BCUT2D eigenvalue weighted by atomic mass is 32.1. The second-order valence-electron chi connectivity index (χ2n) is 4.49. The minimum Gasteiger partial charge on any atom is -0.462 e. The van der Waals surface area contributed by atoms with Crippen LogP contribution in [0.2, 0.25) is 0 Å². The number of anilines is 1. The number of hydrogen-bond acceptors (Lipinski definition) is 4. The second-order valence-corrected chi connectivity index (χ2v) is 5.35. The molecule has 1 N–H and O–H groups in total. The molecule has 3 rings (SSSR count). The number of nitrogens with one attached hydrogen (secondary N) is 1. The number of amides is 1. The third-order valence-electron chi connectivity index (χ3n) is 3.02. The van der Waals surface area contributed by atoms with Crippen molar-refractivity contribution in [1.82, 2.24) is 4.98 Å². The number of nitrogens with zero attached hydrogens (tertiary/aromatic N) is 1. The Morgan fingerprint density at radius 3 is 2.76 bits per heavy atom. The number of aromatic nitrogens is 1. The predicted molar refractivity (Wildman–Crippen MR) is 84.2 cm³/mol. The minimum absolute atomic E-state index is 0.0107. The first-order chi connectivity index (χ1) is 10.3. The Labute approximate surface area is 126 Å². The highest BCUT2D eigenvalue weighted by molar-refractivity contribution is 7.13. The molecule has 106 valence electrons. The molecule has 2 heterocycles. The molecule has 3 aromatic rings. The summed E-state index contributed by atoms with van der Waals surface area (Å²) in [6.45, 7) is 1.83. The molecule has 5 heteroatoms. The van der Waals surface area contributed by atoms with E-state index in [4.69, 9.17) is 4.42 Å². The van der Waals surface area contributed by atoms with Crippen LogP contribution in [0.15, 0.2) is 52.5 Å². The maximum absolute atomic E-state index is 11.3. The van der Waals surface area contributed by atoms with Gasteiger partial charge in [0.1, 0.15) is 0 Å². The molecule has 1 amide bonds. The zero-order valence-corrected chi connectivity index (χ0v) is 12.3. The molecule has 2 aromatic heterocycles. The third-order valence-corrected chi connectivity index (χ3v) is 3.88. The van der Waals surface area contributed by atoms with Crippen molar-refractivity contribution in [3.05, 3.63) is 48.0 Å². The fourth-order valence-corrected chi connectivity index (χ4v) is 2.69. The summed E-state index contributed by atoms with van der Waals surface area (Å²) < 4.78 is 5.34. The standard InChI is InChI=1S/C16H14N2O2S/c1-2-15(19)17-12-7-5-11(6-8-12)13-10-21-16(18-13)14-4-3-9-20-14/h3-10H,2H2,1H3,(H,17,19). The van der Waals surface area contributed by atoms with E-state index in [-0.39, 0.29) is 5.91 Å². The van der Waals surface area contributed by atoms with E-state index < -0.39 is 0 Å². The van der Waals surface area contributed by atoms with Crippen LogP contribution in [0.3, 0.4) is 0 Å². The molecule has 0 aliphatic carbocycles. The van der Waals surface area contributed by atoms with Gasteiger partial charge in [0.2, 0.25) is 5.91 Å². The van der Waals surface area contributed by atoms with Gasteiger partial charge in [-0.05, 0) is 24.3 Å². The van der Waals surface area contributed by atoms with E-state index >= 15 is 0 Å². The molecule has 21 heavy (non-hydrogen) atoms. The monoisotopic (exact) mass is 298 g/mol. The van der Waals surface area contributed by atoms with Crippen molar-refractivity contribution in [2.75, 3.05) is 5.32 Å². The maximum Gasteiger partial charge on any atom is 0.224 e. The lowest BCUT2D eigenvalue weighted by atomic mass is 10.1. The summed E-state index contributed by atoms with van der Waals surface area (Å²) in [6, 6.07) is 11.4. The van der Waals surface area contributed by atoms with Crippen molar-refractivity contribution >= 4 is 22.9 Å². The van der Waals surface area contributed by atoms with E-state index in [9.17, 15) is 4.79 Å². The molecule has 0 aliphatic rings. The number of furan rings is 1. The first-order valence-electron chi connectivity index (χ1n) is 6.66. The summed E-state index contributed by atoms with van der Waals surface area (Å²) >= 11 is 1.55. The smallest absolute Gasteiger partial charge is 0.224 e. The topological polar surface area (TPSA) is 55.1 Å². The largest absolute Gasteiger partial charge is 0.462 e. The number of carbonyl (C=O) groups is 1. The SMILES string of the molecule is CCC(=O)Nc1ccc(-c2csc(-c3ccco3)n2)cc1. The summed E-state index contributed by atoms with van der Waals surface area (Å²) in [5.74, 6) is 0.787. The molecule has 0 aliphatic heterocycles. The maximum atomic E-state index is 11.3. The van der Waals surface area contributed by atoms with Crippen molar-refractivity contribution in [2.45, 2.75) is 13.3 Å². The van der Waals surface area contributed by atoms with E-state index in [0.717, 1.165) is 27.7 Å². The summed E-state index contributed by atoms with van der Waals surface area (Å²) in [5.41, 5.74) is 2.71. The number of thiazole rings is 1. The van der Waals surface area contributed by atoms with Crippen LogP contribution in [0, 0.1) is 0 Å². The van der Waals surface area contributed by atoms with Gasteiger partial charge < -0.3 is 9.73 Å². The van der Waals surface area contributed by atoms with Gasteiger partial charge in [-0.1, -0.05) is 19.1 Å². The quantitative estimate of drug-likeness (QED) is 0.775. The Bertz CT molecular complexity index is 730. The van der Waals surface area contributed by atoms with E-state index in [2.05, 4.69) is 10.3 Å². The normalized spacial score (nSPS) is 10.5. The van der Waals surface area contributed by atoms with Crippen LogP contribution in [-0.4, -0.2) is 10.9 Å². The molecule has 0 atom stereocenters. The molecule has 0 saturated carbocycles. The van der Waals surface area contributed by atoms with E-state index in [1.54, 1.807) is 17.6 Å². The Morgan fingerprint density at radius 1 is 1.29 bits per heavy atom. The fourth-order valence-electron chi connectivity index (χ4n) is 1.89. The van der Waals surface area contributed by atoms with E-state index in [1.165, 1.54) is 0 Å². The van der Waals surface area contributed by atoms with Gasteiger partial charge >= 0.3 is 0 Å². The van der Waals surface area contributed by atoms with Crippen molar-refractivity contribution < 1.29 is 9.21 Å². The van der Waals surface area contributed by atoms with Crippen molar-refractivity contribution in [2.24, 2.45) is 0 Å². The van der Waals surface area contributed by atoms with Crippen LogP contribution < -0.4 is 5.32 Å². The Morgan fingerprint density at radius 2 is 2.10 bits per heavy atom. The van der Waals surface area contributed by atoms with Crippen LogP contribution in [0.25, 0.3) is 22.0 Å². The number of carbonyl (C=O) groups excluding carboxylic acids is 1. The Balaban J connectivity index is 1.80. The van der Waals surface area contributed by atoms with Gasteiger partial charge in [-0.2, -0.15) is 0 Å². The van der Waals surface area contributed by atoms with Crippen LogP contribution >= 0.6 is 11.3 Å². The molecule has 0 saturated heterocycles. The van der Waals surface area contributed by atoms with Gasteiger partial charge in [-0.3, -0.25) is 4.79 Å². The van der Waals surface area contributed by atoms with Crippen molar-refractivity contribution in [1.29, 1.82) is 0 Å². The molecular weight excluding hydrogens is 284 g/mol. The highest BCUT2D eigenvalue weighted by Gasteiger charge is 2.08. The fraction of sp³-hybridized carbons (Fsp3) is 0.125. The van der Waals surface area contributed by atoms with E-state index in [0.29, 0.717) is 6.42 Å². The predicted octanol–water partition coefficient (Wildman–Crippen LogP) is 4.42. The average molecular weight is 298 g/mol. The number of benzene rings is 1. The van der Waals surface area contributed by atoms with E-state index in [1.807, 2.05) is 48.7 Å². The van der Waals surface area contributed by atoms with Gasteiger partial charge in [0.25, 0.3) is 0 Å². The first kappa shape index (κ1) is 13.6. The van der Waals surface area contributed by atoms with Crippen LogP contribution in [0.5, 0.6) is 0 Å². The lowest BCUT2D eigenvalue weighted by molar-refractivity contribution is -0.115. The summed E-state index contributed by atoms with van der Waals surface area (Å²) in [7, 11) is 0. The summed E-state index contributed by atoms with van der Waals surface area (Å²) in [4.78, 5) is 15.9. The Hall–Kier alpha value is -2.40. The van der Waals surface area contributed by atoms with Crippen LogP contribution in [0.4, 0.5) is 5.69 Å². The van der Waals surface area contributed by atoms with Gasteiger partial charge in [0.05, 0.1) is 12.0 Å². The molecular formula is C16H14N2O2S. The lowest BCUT2D eigenvalue weighted by Crippen LogP contribution is -2.08. The van der Waals surface area contributed by atoms with Gasteiger partial charge in [-0.15, -0.1) is 11.3 Å². The zero-order valence-electron chi connectivity index (χ0n) is 11.5. The molecule has 0 radical (unpaired) electrons. The van der Waals surface area contributed by atoms with Gasteiger partial charge in [0, 0.05) is 23.1 Å². The van der Waals surface area contributed by atoms with Gasteiger partial charge in [0.15, 0.2) is 10.8 Å².